The van der Waals surface area contributed by atoms with Gasteiger partial charge in [-0.1, -0.05) is 11.1 Å². The Balaban J connectivity index is 1.57. The van der Waals surface area contributed by atoms with Crippen molar-refractivity contribution in [2.75, 3.05) is 0 Å². The number of hydrogen-bond acceptors (Lipinski definition) is 9. The van der Waals surface area contributed by atoms with E-state index in [-0.39, 0.29) is 38.5 Å². The smallest absolute Gasteiger partial charge is 0.425 e. The predicted octanol–water partition coefficient (Wildman–Crippen LogP) is 1.32. The van der Waals surface area contributed by atoms with Gasteiger partial charge in [0.1, 0.15) is 6.10 Å². The van der Waals surface area contributed by atoms with Gasteiger partial charge < -0.3 is 9.57 Å². The summed E-state index contributed by atoms with van der Waals surface area (Å²) in [7, 11) is 0. The molecule has 162 valence electrons. The van der Waals surface area contributed by atoms with Gasteiger partial charge in [0.15, 0.2) is 0 Å². The predicted molar refractivity (Wildman–Crippen MR) is 95.3 cm³/mol. The van der Waals surface area contributed by atoms with Crippen molar-refractivity contribution in [3.63, 3.8) is 0 Å². The molecule has 0 bridgehead atoms. The van der Waals surface area contributed by atoms with Gasteiger partial charge in [-0.2, -0.15) is 0 Å². The van der Waals surface area contributed by atoms with Crippen molar-refractivity contribution in [2.45, 2.75) is 64.4 Å². The number of hydroxylamine groups is 4. The highest BCUT2D eigenvalue weighted by molar-refractivity contribution is 6.02. The third-order valence-electron chi connectivity index (χ3n) is 5.29. The van der Waals surface area contributed by atoms with Crippen LogP contribution < -0.4 is 0 Å². The van der Waals surface area contributed by atoms with Gasteiger partial charge in [0, 0.05) is 25.7 Å². The number of rotatable bonds is 4. The van der Waals surface area contributed by atoms with Crippen molar-refractivity contribution in [2.24, 2.45) is 5.41 Å². The van der Waals surface area contributed by atoms with E-state index in [2.05, 4.69) is 4.84 Å². The molecule has 3 rings (SSSR count). The third-order valence-corrected chi connectivity index (χ3v) is 5.29. The molecule has 2 aliphatic heterocycles. The van der Waals surface area contributed by atoms with Crippen molar-refractivity contribution in [3.05, 3.63) is 12.2 Å². The lowest BCUT2D eigenvalue weighted by Crippen LogP contribution is -2.40. The molecule has 0 aromatic rings. The highest BCUT2D eigenvalue weighted by Crippen LogP contribution is 2.35. The molecule has 2 saturated heterocycles. The average Bonchev–Trinajstić information content (AvgIpc) is 3.17. The molecule has 0 aromatic heterocycles. The molecule has 0 radical (unpaired) electrons. The molecule has 2 atom stereocenters. The van der Waals surface area contributed by atoms with Crippen LogP contribution in [0.3, 0.4) is 0 Å². The van der Waals surface area contributed by atoms with Gasteiger partial charge >= 0.3 is 12.1 Å². The van der Waals surface area contributed by atoms with E-state index in [9.17, 15) is 28.8 Å². The molecule has 4 amide bonds. The van der Waals surface area contributed by atoms with E-state index in [0.717, 1.165) is 0 Å². The van der Waals surface area contributed by atoms with E-state index >= 15 is 0 Å². The summed E-state index contributed by atoms with van der Waals surface area (Å²) in [4.78, 5) is 80.8. The molecular weight excluding hydrogens is 400 g/mol. The van der Waals surface area contributed by atoms with Crippen LogP contribution in [-0.2, 0) is 38.4 Å². The Hall–Kier alpha value is -3.24. The van der Waals surface area contributed by atoms with Gasteiger partial charge in [0.25, 0.3) is 23.6 Å². The first-order chi connectivity index (χ1) is 14.2. The zero-order valence-electron chi connectivity index (χ0n) is 16.5. The molecule has 0 N–H and O–H groups in total. The Labute approximate surface area is 171 Å². The van der Waals surface area contributed by atoms with Gasteiger partial charge in [-0.25, -0.2) is 9.59 Å². The van der Waals surface area contributed by atoms with Crippen molar-refractivity contribution >= 4 is 35.8 Å². The Morgan fingerprint density at radius 3 is 2.00 bits per heavy atom. The van der Waals surface area contributed by atoms with Crippen molar-refractivity contribution in [1.29, 1.82) is 0 Å². The van der Waals surface area contributed by atoms with E-state index in [1.807, 2.05) is 0 Å². The summed E-state index contributed by atoms with van der Waals surface area (Å²) >= 11 is 0. The highest BCUT2D eigenvalue weighted by Gasteiger charge is 2.41. The van der Waals surface area contributed by atoms with Crippen LogP contribution in [-0.4, -0.2) is 52.0 Å². The fraction of sp³-hybridized carbons (Fsp3) is 0.579. The molecule has 0 unspecified atom stereocenters. The van der Waals surface area contributed by atoms with E-state index in [1.165, 1.54) is 0 Å². The molecule has 11 heteroatoms. The van der Waals surface area contributed by atoms with Crippen LogP contribution in [0.1, 0.15) is 58.3 Å². The fourth-order valence-electron chi connectivity index (χ4n) is 3.36. The van der Waals surface area contributed by atoms with Crippen LogP contribution in [0.15, 0.2) is 12.2 Å². The number of carbonyl (C=O) groups excluding carboxylic acids is 6. The monoisotopic (exact) mass is 422 g/mol. The summed E-state index contributed by atoms with van der Waals surface area (Å²) in [6.07, 6.45) is 2.69. The maximum Gasteiger partial charge on any atom is 0.534 e. The third kappa shape index (κ3) is 4.66. The van der Waals surface area contributed by atoms with Gasteiger partial charge in [-0.3, -0.25) is 24.0 Å². The molecule has 0 spiro atoms. The minimum absolute atomic E-state index is 0.00557. The second-order valence-electron chi connectivity index (χ2n) is 7.61. The largest absolute Gasteiger partial charge is 0.534 e. The summed E-state index contributed by atoms with van der Waals surface area (Å²) in [6, 6.07) is 0. The number of nitrogens with zero attached hydrogens (tertiary/aromatic N) is 2. The zero-order chi connectivity index (χ0) is 21.9. The van der Waals surface area contributed by atoms with Crippen LogP contribution in [0.4, 0.5) is 4.79 Å². The maximum absolute atomic E-state index is 12.7. The van der Waals surface area contributed by atoms with Crippen LogP contribution in [0.25, 0.3) is 0 Å². The normalized spacial score (nSPS) is 28.2. The molecule has 11 nitrogen and oxygen atoms in total. The van der Waals surface area contributed by atoms with Gasteiger partial charge in [0.05, 0.1) is 5.41 Å². The first-order valence-electron chi connectivity index (χ1n) is 9.69. The van der Waals surface area contributed by atoms with E-state index < -0.39 is 47.3 Å². The topological polar surface area (TPSA) is 137 Å². The van der Waals surface area contributed by atoms with Crippen molar-refractivity contribution in [1.82, 2.24) is 10.1 Å². The minimum atomic E-state index is -1.20. The second kappa shape index (κ2) is 8.64. The molecule has 2 heterocycles. The first-order valence-corrected chi connectivity index (χ1v) is 9.69. The lowest BCUT2D eigenvalue weighted by Gasteiger charge is -2.30. The van der Waals surface area contributed by atoms with Crippen molar-refractivity contribution in [3.8, 4) is 0 Å². The van der Waals surface area contributed by atoms with Gasteiger partial charge in [-0.15, -0.1) is 5.06 Å². The number of amides is 4. The van der Waals surface area contributed by atoms with Crippen LogP contribution in [0, 0.1) is 5.41 Å². The maximum atomic E-state index is 12.7. The van der Waals surface area contributed by atoms with E-state index in [4.69, 9.17) is 9.57 Å². The number of ether oxygens (including phenoxy) is 1. The summed E-state index contributed by atoms with van der Waals surface area (Å²) < 4.78 is 5.16. The Morgan fingerprint density at radius 1 is 0.900 bits per heavy atom. The summed E-state index contributed by atoms with van der Waals surface area (Å²) in [6.45, 7) is 1.65. The summed E-state index contributed by atoms with van der Waals surface area (Å²) in [5, 5.41) is 0.901. The van der Waals surface area contributed by atoms with Crippen LogP contribution in [0.5, 0.6) is 0 Å². The van der Waals surface area contributed by atoms with E-state index in [1.54, 1.807) is 19.1 Å². The lowest BCUT2D eigenvalue weighted by molar-refractivity contribution is -0.205. The molecule has 30 heavy (non-hydrogen) atoms. The van der Waals surface area contributed by atoms with Crippen LogP contribution in [0.2, 0.25) is 0 Å². The standard InChI is InChI=1S/C19H22N2O9/c1-19(17(26)29-20-13(22)5-6-14(20)23)10-3-2-4-12(9-11-19)28-18(27)30-21-15(24)7-8-16(21)25/h2,4,12H,3,5-11H2,1H3/b4-2+/t12-,19+/m0/s1. The Morgan fingerprint density at radius 2 is 1.43 bits per heavy atom. The molecule has 2 fully saturated rings. The Kier molecular flexibility index (Phi) is 6.18. The molecule has 0 aromatic carbocycles. The van der Waals surface area contributed by atoms with E-state index in [0.29, 0.717) is 23.0 Å². The minimum Gasteiger partial charge on any atom is -0.425 e. The number of imide groups is 2. The second-order valence-corrected chi connectivity index (χ2v) is 7.61. The van der Waals surface area contributed by atoms with Crippen LogP contribution >= 0.6 is 0 Å². The van der Waals surface area contributed by atoms with Crippen molar-refractivity contribution < 1.29 is 43.2 Å². The number of hydrogen-bond donors (Lipinski definition) is 0. The summed E-state index contributed by atoms with van der Waals surface area (Å²) in [5.41, 5.74) is -1.01. The Bertz CT molecular complexity index is 789. The average molecular weight is 422 g/mol. The fourth-order valence-corrected chi connectivity index (χ4v) is 3.36. The molecule has 1 aliphatic carbocycles. The SMILES string of the molecule is C[C@@]1(C(=O)ON2C(=O)CCC2=O)CC/C=C/[C@H](OC(=O)ON2C(=O)CCC2=O)CC1. The molecule has 0 saturated carbocycles. The highest BCUT2D eigenvalue weighted by atomic mass is 16.8. The van der Waals surface area contributed by atoms with Gasteiger partial charge in [-0.05, 0) is 38.7 Å². The number of allylic oxidation sites excluding steroid dienone is 1. The van der Waals surface area contributed by atoms with Gasteiger partial charge in [0.2, 0.25) is 0 Å². The number of carbonyl (C=O) groups is 6. The quantitative estimate of drug-likeness (QED) is 0.373. The first kappa shape index (κ1) is 21.5. The summed E-state index contributed by atoms with van der Waals surface area (Å²) in [5.74, 6) is -3.07. The molecular formula is C19H22N2O9. The molecule has 3 aliphatic rings. The zero-order valence-corrected chi connectivity index (χ0v) is 16.5. The lowest BCUT2D eigenvalue weighted by atomic mass is 9.79.